The summed E-state index contributed by atoms with van der Waals surface area (Å²) in [5.74, 6) is -1.13. The molecule has 2 aromatic carbocycles. The number of methoxy groups -OCH3 is 1. The van der Waals surface area contributed by atoms with E-state index in [0.29, 0.717) is 29.9 Å². The van der Waals surface area contributed by atoms with E-state index in [1.165, 1.54) is 15.6 Å². The number of fused-ring (bicyclic) bond motifs is 1. The van der Waals surface area contributed by atoms with Crippen LogP contribution in [0.15, 0.2) is 41.3 Å². The molecule has 154 valence electrons. The molecule has 3 aromatic rings. The molecule has 0 atom stereocenters. The summed E-state index contributed by atoms with van der Waals surface area (Å²) in [6, 6.07) is 7.89. The van der Waals surface area contributed by atoms with E-state index in [2.05, 4.69) is 4.98 Å². The Morgan fingerprint density at radius 3 is 2.45 bits per heavy atom. The van der Waals surface area contributed by atoms with Crippen LogP contribution in [0.3, 0.4) is 0 Å². The Labute approximate surface area is 170 Å². The van der Waals surface area contributed by atoms with Gasteiger partial charge in [0.15, 0.2) is 0 Å². The highest BCUT2D eigenvalue weighted by molar-refractivity contribution is 7.89. The molecule has 6 nitrogen and oxygen atoms in total. The van der Waals surface area contributed by atoms with Gasteiger partial charge in [-0.25, -0.2) is 22.2 Å². The molecule has 1 fully saturated rings. The van der Waals surface area contributed by atoms with Gasteiger partial charge in [-0.15, -0.1) is 0 Å². The van der Waals surface area contributed by atoms with Crippen molar-refractivity contribution in [2.45, 2.75) is 23.8 Å². The van der Waals surface area contributed by atoms with E-state index in [-0.39, 0.29) is 24.1 Å². The zero-order chi connectivity index (χ0) is 20.6. The fourth-order valence-corrected chi connectivity index (χ4v) is 5.60. The van der Waals surface area contributed by atoms with Crippen molar-refractivity contribution in [1.29, 1.82) is 0 Å². The monoisotopic (exact) mass is 440 g/mol. The van der Waals surface area contributed by atoms with Gasteiger partial charge in [-0.2, -0.15) is 4.31 Å². The predicted octanol–water partition coefficient (Wildman–Crippen LogP) is 3.82. The highest BCUT2D eigenvalue weighted by Gasteiger charge is 2.31. The van der Waals surface area contributed by atoms with Gasteiger partial charge < -0.3 is 9.47 Å². The second kappa shape index (κ2) is 7.85. The number of sulfonamides is 1. The largest absolute Gasteiger partial charge is 0.497 e. The minimum atomic E-state index is -3.96. The highest BCUT2D eigenvalue weighted by atomic mass is 32.2. The molecule has 0 amide bonds. The van der Waals surface area contributed by atoms with Crippen molar-refractivity contribution in [1.82, 2.24) is 9.29 Å². The third-order valence-corrected chi connectivity index (χ3v) is 7.52. The standard InChI is InChI=1S/C19H18F2N2O4S2/c1-26-15-2-3-18-17(11-15)22-19(28-18)27-14-4-6-23(7-5-14)29(24,25)16-9-12(20)8-13(21)10-16/h2-3,8-11,14H,4-7H2,1H3. The molecule has 0 unspecified atom stereocenters. The van der Waals surface area contributed by atoms with Crippen molar-refractivity contribution in [2.24, 2.45) is 0 Å². The van der Waals surface area contributed by atoms with E-state index in [9.17, 15) is 17.2 Å². The zero-order valence-corrected chi connectivity index (χ0v) is 17.1. The van der Waals surface area contributed by atoms with Gasteiger partial charge >= 0.3 is 0 Å². The fraction of sp³-hybridized carbons (Fsp3) is 0.316. The van der Waals surface area contributed by atoms with Crippen molar-refractivity contribution in [2.75, 3.05) is 20.2 Å². The number of thiazole rings is 1. The SMILES string of the molecule is COc1ccc2sc(OC3CCN(S(=O)(=O)c4cc(F)cc(F)c4)CC3)nc2c1. The summed E-state index contributed by atoms with van der Waals surface area (Å²) in [6.45, 7) is 0.397. The minimum Gasteiger partial charge on any atom is -0.497 e. The summed E-state index contributed by atoms with van der Waals surface area (Å²) in [4.78, 5) is 4.07. The van der Waals surface area contributed by atoms with Crippen molar-refractivity contribution in [3.8, 4) is 10.9 Å². The molecule has 0 radical (unpaired) electrons. The maximum Gasteiger partial charge on any atom is 0.274 e. The molecular weight excluding hydrogens is 422 g/mol. The molecule has 2 heterocycles. The molecule has 1 aliphatic rings. The van der Waals surface area contributed by atoms with Crippen LogP contribution in [-0.4, -0.2) is 44.0 Å². The number of hydrogen-bond acceptors (Lipinski definition) is 6. The molecule has 1 aliphatic heterocycles. The van der Waals surface area contributed by atoms with Crippen LogP contribution in [0.1, 0.15) is 12.8 Å². The number of piperidine rings is 1. The average molecular weight is 440 g/mol. The zero-order valence-electron chi connectivity index (χ0n) is 15.5. The van der Waals surface area contributed by atoms with Crippen LogP contribution in [0.4, 0.5) is 8.78 Å². The Morgan fingerprint density at radius 2 is 1.79 bits per heavy atom. The van der Waals surface area contributed by atoms with Gasteiger partial charge in [0.2, 0.25) is 10.0 Å². The van der Waals surface area contributed by atoms with Crippen LogP contribution in [0.25, 0.3) is 10.2 Å². The Morgan fingerprint density at radius 1 is 1.10 bits per heavy atom. The first-order chi connectivity index (χ1) is 13.8. The Kier molecular flexibility index (Phi) is 5.41. The topological polar surface area (TPSA) is 68.7 Å². The molecule has 29 heavy (non-hydrogen) atoms. The van der Waals surface area contributed by atoms with E-state index in [0.717, 1.165) is 22.3 Å². The lowest BCUT2D eigenvalue weighted by Crippen LogP contribution is -2.41. The summed E-state index contributed by atoms with van der Waals surface area (Å²) < 4.78 is 65.5. The number of nitrogens with zero attached hydrogens (tertiary/aromatic N) is 2. The van der Waals surface area contributed by atoms with Crippen LogP contribution in [0.2, 0.25) is 0 Å². The lowest BCUT2D eigenvalue weighted by molar-refractivity contribution is 0.135. The lowest BCUT2D eigenvalue weighted by atomic mass is 10.1. The van der Waals surface area contributed by atoms with Gasteiger partial charge in [-0.1, -0.05) is 11.3 Å². The quantitative estimate of drug-likeness (QED) is 0.604. The first-order valence-corrected chi connectivity index (χ1v) is 11.2. The van der Waals surface area contributed by atoms with Gasteiger partial charge in [0.25, 0.3) is 5.19 Å². The van der Waals surface area contributed by atoms with E-state index in [4.69, 9.17) is 9.47 Å². The third-order valence-electron chi connectivity index (χ3n) is 4.72. The molecular formula is C19H18F2N2O4S2. The fourth-order valence-electron chi connectivity index (χ4n) is 3.22. The van der Waals surface area contributed by atoms with Crippen molar-refractivity contribution in [3.05, 3.63) is 48.0 Å². The van der Waals surface area contributed by atoms with Gasteiger partial charge in [-0.3, -0.25) is 0 Å². The van der Waals surface area contributed by atoms with Crippen molar-refractivity contribution in [3.63, 3.8) is 0 Å². The summed E-state index contributed by atoms with van der Waals surface area (Å²) in [5, 5.41) is 0.516. The Hall–Kier alpha value is -2.30. The molecule has 10 heteroatoms. The smallest absolute Gasteiger partial charge is 0.274 e. The molecule has 0 spiro atoms. The molecule has 0 aliphatic carbocycles. The lowest BCUT2D eigenvalue weighted by Gasteiger charge is -2.30. The van der Waals surface area contributed by atoms with Gasteiger partial charge in [0.05, 0.1) is 22.2 Å². The predicted molar refractivity (Wildman–Crippen MR) is 105 cm³/mol. The Bertz CT molecular complexity index is 1120. The average Bonchev–Trinajstić information content (AvgIpc) is 3.09. The highest BCUT2D eigenvalue weighted by Crippen LogP contribution is 2.32. The first-order valence-electron chi connectivity index (χ1n) is 8.92. The number of ether oxygens (including phenoxy) is 2. The van der Waals surface area contributed by atoms with Crippen molar-refractivity contribution >= 4 is 31.6 Å². The number of hydrogen-bond donors (Lipinski definition) is 0. The van der Waals surface area contributed by atoms with E-state index < -0.39 is 21.7 Å². The van der Waals surface area contributed by atoms with Crippen LogP contribution in [0, 0.1) is 11.6 Å². The van der Waals surface area contributed by atoms with Crippen LogP contribution < -0.4 is 9.47 Å². The molecule has 4 rings (SSSR count). The van der Waals surface area contributed by atoms with Crippen LogP contribution >= 0.6 is 11.3 Å². The number of rotatable bonds is 5. The molecule has 0 saturated carbocycles. The number of benzene rings is 2. The molecule has 0 bridgehead atoms. The maximum atomic E-state index is 13.4. The second-order valence-corrected chi connectivity index (χ2v) is 9.57. The van der Waals surface area contributed by atoms with Gasteiger partial charge in [0.1, 0.15) is 23.5 Å². The molecule has 0 N–H and O–H groups in total. The van der Waals surface area contributed by atoms with Gasteiger partial charge in [-0.05, 0) is 37.1 Å². The minimum absolute atomic E-state index is 0.187. The van der Waals surface area contributed by atoms with Crippen LogP contribution in [0.5, 0.6) is 10.9 Å². The Balaban J connectivity index is 1.42. The molecule has 1 aromatic heterocycles. The normalized spacial score (nSPS) is 16.2. The number of aromatic nitrogens is 1. The summed E-state index contributed by atoms with van der Waals surface area (Å²) in [7, 11) is -2.37. The maximum absolute atomic E-state index is 13.4. The van der Waals surface area contributed by atoms with E-state index in [1.807, 2.05) is 18.2 Å². The van der Waals surface area contributed by atoms with E-state index >= 15 is 0 Å². The number of halogens is 2. The van der Waals surface area contributed by atoms with Crippen molar-refractivity contribution < 1.29 is 26.7 Å². The third kappa shape index (κ3) is 4.19. The summed E-state index contributed by atoms with van der Waals surface area (Å²) in [5.41, 5.74) is 0.775. The van der Waals surface area contributed by atoms with E-state index in [1.54, 1.807) is 7.11 Å². The second-order valence-electron chi connectivity index (χ2n) is 6.64. The van der Waals surface area contributed by atoms with Crippen LogP contribution in [-0.2, 0) is 10.0 Å². The molecule has 1 saturated heterocycles. The van der Waals surface area contributed by atoms with Gasteiger partial charge in [0, 0.05) is 25.2 Å². The first kappa shape index (κ1) is 20.0. The summed E-state index contributed by atoms with van der Waals surface area (Å²) >= 11 is 1.41. The summed E-state index contributed by atoms with van der Waals surface area (Å²) in [6.07, 6.45) is 0.722.